The fraction of sp³-hybridized carbons (Fsp3) is 0.130. The van der Waals surface area contributed by atoms with Crippen molar-refractivity contribution in [1.82, 2.24) is 9.55 Å². The topological polar surface area (TPSA) is 44.1 Å². The standard InChI is InChI=1S/C23H19BrN2O2S/c1-28-19-11-12-21-20(13-19)25-23(26(21)14-16-5-3-2-4-6-16)29-15-22(27)17-7-9-18(24)10-8-17/h2-13H,14-15H2,1H3. The van der Waals surface area contributed by atoms with Gasteiger partial charge in [0, 0.05) is 16.1 Å². The molecule has 1 heterocycles. The zero-order valence-corrected chi connectivity index (χ0v) is 18.2. The number of fused-ring (bicyclic) bond motifs is 1. The fourth-order valence-corrected chi connectivity index (χ4v) is 4.27. The van der Waals surface area contributed by atoms with E-state index in [1.165, 1.54) is 17.3 Å². The first-order valence-electron chi connectivity index (χ1n) is 9.14. The highest BCUT2D eigenvalue weighted by Gasteiger charge is 2.15. The molecule has 3 aromatic carbocycles. The van der Waals surface area contributed by atoms with E-state index in [0.29, 0.717) is 17.9 Å². The molecule has 0 aliphatic rings. The molecule has 0 spiro atoms. The number of carbonyl (C=O) groups excluding carboxylic acids is 1. The summed E-state index contributed by atoms with van der Waals surface area (Å²) in [6.07, 6.45) is 0. The highest BCUT2D eigenvalue weighted by Crippen LogP contribution is 2.28. The molecule has 0 unspecified atom stereocenters. The van der Waals surface area contributed by atoms with Gasteiger partial charge in [-0.05, 0) is 29.8 Å². The van der Waals surface area contributed by atoms with Gasteiger partial charge < -0.3 is 9.30 Å². The molecule has 0 bridgehead atoms. The molecule has 0 aliphatic carbocycles. The lowest BCUT2D eigenvalue weighted by molar-refractivity contribution is 0.102. The lowest BCUT2D eigenvalue weighted by Gasteiger charge is -2.09. The summed E-state index contributed by atoms with van der Waals surface area (Å²) < 4.78 is 8.46. The van der Waals surface area contributed by atoms with Crippen molar-refractivity contribution < 1.29 is 9.53 Å². The molecule has 0 N–H and O–H groups in total. The van der Waals surface area contributed by atoms with Crippen LogP contribution in [0.25, 0.3) is 11.0 Å². The summed E-state index contributed by atoms with van der Waals surface area (Å²) in [6, 6.07) is 23.6. The Kier molecular flexibility index (Phi) is 6.02. The van der Waals surface area contributed by atoms with Crippen molar-refractivity contribution in [1.29, 1.82) is 0 Å². The Hall–Kier alpha value is -2.57. The van der Waals surface area contributed by atoms with Crippen LogP contribution in [0.3, 0.4) is 0 Å². The molecular weight excluding hydrogens is 448 g/mol. The largest absolute Gasteiger partial charge is 0.497 e. The van der Waals surface area contributed by atoms with Gasteiger partial charge in [-0.1, -0.05) is 70.2 Å². The van der Waals surface area contributed by atoms with Crippen molar-refractivity contribution in [2.75, 3.05) is 12.9 Å². The number of rotatable bonds is 7. The van der Waals surface area contributed by atoms with Gasteiger partial charge in [-0.2, -0.15) is 0 Å². The second-order valence-electron chi connectivity index (χ2n) is 6.54. The number of Topliss-reactive ketones (excluding diaryl/α,β-unsaturated/α-hetero) is 1. The van der Waals surface area contributed by atoms with Crippen molar-refractivity contribution in [3.63, 3.8) is 0 Å². The van der Waals surface area contributed by atoms with E-state index in [1.54, 1.807) is 7.11 Å². The number of halogens is 1. The molecule has 0 radical (unpaired) electrons. The van der Waals surface area contributed by atoms with Crippen LogP contribution in [0.15, 0.2) is 82.4 Å². The van der Waals surface area contributed by atoms with Gasteiger partial charge in [-0.25, -0.2) is 4.98 Å². The minimum Gasteiger partial charge on any atom is -0.497 e. The summed E-state index contributed by atoms with van der Waals surface area (Å²) in [5, 5.41) is 0.822. The third-order valence-electron chi connectivity index (χ3n) is 4.60. The Morgan fingerprint density at radius 2 is 1.83 bits per heavy atom. The first-order chi connectivity index (χ1) is 14.1. The highest BCUT2D eigenvalue weighted by atomic mass is 79.9. The van der Waals surface area contributed by atoms with Crippen molar-refractivity contribution in [2.45, 2.75) is 11.7 Å². The van der Waals surface area contributed by atoms with Gasteiger partial charge in [0.25, 0.3) is 0 Å². The summed E-state index contributed by atoms with van der Waals surface area (Å²) >= 11 is 4.86. The van der Waals surface area contributed by atoms with E-state index < -0.39 is 0 Å². The summed E-state index contributed by atoms with van der Waals surface area (Å²) in [5.74, 6) is 1.18. The number of methoxy groups -OCH3 is 1. The molecule has 0 fully saturated rings. The zero-order valence-electron chi connectivity index (χ0n) is 15.8. The van der Waals surface area contributed by atoms with E-state index in [-0.39, 0.29) is 5.78 Å². The molecular formula is C23H19BrN2O2S. The quantitative estimate of drug-likeness (QED) is 0.253. The van der Waals surface area contributed by atoms with Crippen LogP contribution in [0.2, 0.25) is 0 Å². The van der Waals surface area contributed by atoms with Crippen molar-refractivity contribution in [2.24, 2.45) is 0 Å². The van der Waals surface area contributed by atoms with Crippen LogP contribution in [-0.4, -0.2) is 28.2 Å². The molecule has 4 rings (SSSR count). The minimum absolute atomic E-state index is 0.0818. The van der Waals surface area contributed by atoms with Gasteiger partial charge in [0.05, 0.1) is 30.4 Å². The molecule has 1 aromatic heterocycles. The molecule has 146 valence electrons. The second kappa shape index (κ2) is 8.84. The predicted molar refractivity (Wildman–Crippen MR) is 121 cm³/mol. The lowest BCUT2D eigenvalue weighted by atomic mass is 10.2. The highest BCUT2D eigenvalue weighted by molar-refractivity contribution is 9.10. The van der Waals surface area contributed by atoms with Gasteiger partial charge in [-0.3, -0.25) is 4.79 Å². The van der Waals surface area contributed by atoms with Crippen LogP contribution < -0.4 is 4.74 Å². The minimum atomic E-state index is 0.0818. The van der Waals surface area contributed by atoms with Crippen LogP contribution in [0.5, 0.6) is 5.75 Å². The Bertz CT molecular complexity index is 1140. The van der Waals surface area contributed by atoms with Crippen LogP contribution in [0.1, 0.15) is 15.9 Å². The Morgan fingerprint density at radius 1 is 1.07 bits per heavy atom. The molecule has 4 aromatic rings. The number of thioether (sulfide) groups is 1. The number of nitrogens with zero attached hydrogens (tertiary/aromatic N) is 2. The Morgan fingerprint density at radius 3 is 2.55 bits per heavy atom. The number of ether oxygens (including phenoxy) is 1. The van der Waals surface area contributed by atoms with Crippen LogP contribution in [0.4, 0.5) is 0 Å². The molecule has 0 saturated heterocycles. The maximum atomic E-state index is 12.6. The normalized spacial score (nSPS) is 11.0. The molecule has 0 amide bonds. The van der Waals surface area contributed by atoms with Crippen molar-refractivity contribution in [3.8, 4) is 5.75 Å². The SMILES string of the molecule is COc1ccc2c(c1)nc(SCC(=O)c1ccc(Br)cc1)n2Cc1ccccc1. The number of hydrogen-bond donors (Lipinski definition) is 0. The summed E-state index contributed by atoms with van der Waals surface area (Å²) in [4.78, 5) is 17.4. The molecule has 0 aliphatic heterocycles. The third-order valence-corrected chi connectivity index (χ3v) is 6.11. The number of imidazole rings is 1. The predicted octanol–water partition coefficient (Wildman–Crippen LogP) is 5.83. The van der Waals surface area contributed by atoms with E-state index in [4.69, 9.17) is 9.72 Å². The average Bonchev–Trinajstić information content (AvgIpc) is 3.09. The molecule has 6 heteroatoms. The van der Waals surface area contributed by atoms with Crippen LogP contribution >= 0.6 is 27.7 Å². The van der Waals surface area contributed by atoms with Gasteiger partial charge in [0.2, 0.25) is 0 Å². The molecule has 29 heavy (non-hydrogen) atoms. The molecule has 0 saturated carbocycles. The zero-order chi connectivity index (χ0) is 20.2. The van der Waals surface area contributed by atoms with Crippen LogP contribution in [0, 0.1) is 0 Å². The van der Waals surface area contributed by atoms with E-state index in [1.807, 2.05) is 60.7 Å². The first-order valence-corrected chi connectivity index (χ1v) is 10.9. The van der Waals surface area contributed by atoms with Gasteiger partial charge >= 0.3 is 0 Å². The molecule has 0 atom stereocenters. The maximum absolute atomic E-state index is 12.6. The Balaban J connectivity index is 1.63. The number of aromatic nitrogens is 2. The first kappa shape index (κ1) is 19.7. The molecule has 4 nitrogen and oxygen atoms in total. The van der Waals surface area contributed by atoms with Gasteiger partial charge in [-0.15, -0.1) is 0 Å². The van der Waals surface area contributed by atoms with E-state index in [0.717, 1.165) is 26.4 Å². The Labute approximate surface area is 182 Å². The van der Waals surface area contributed by atoms with Crippen LogP contribution in [-0.2, 0) is 6.54 Å². The van der Waals surface area contributed by atoms with Gasteiger partial charge in [0.15, 0.2) is 10.9 Å². The number of hydrogen-bond acceptors (Lipinski definition) is 4. The lowest BCUT2D eigenvalue weighted by Crippen LogP contribution is -2.05. The maximum Gasteiger partial charge on any atom is 0.173 e. The average molecular weight is 467 g/mol. The number of benzene rings is 3. The van der Waals surface area contributed by atoms with E-state index >= 15 is 0 Å². The van der Waals surface area contributed by atoms with E-state index in [9.17, 15) is 4.79 Å². The second-order valence-corrected chi connectivity index (χ2v) is 8.40. The summed E-state index contributed by atoms with van der Waals surface area (Å²) in [6.45, 7) is 0.693. The number of ketones is 1. The number of carbonyl (C=O) groups is 1. The van der Waals surface area contributed by atoms with E-state index in [2.05, 4.69) is 32.6 Å². The van der Waals surface area contributed by atoms with Crippen molar-refractivity contribution in [3.05, 3.63) is 88.4 Å². The van der Waals surface area contributed by atoms with Gasteiger partial charge in [0.1, 0.15) is 5.75 Å². The monoisotopic (exact) mass is 466 g/mol. The smallest absolute Gasteiger partial charge is 0.173 e. The fourth-order valence-electron chi connectivity index (χ4n) is 3.09. The van der Waals surface area contributed by atoms with Crippen molar-refractivity contribution >= 4 is 44.5 Å². The summed E-state index contributed by atoms with van der Waals surface area (Å²) in [7, 11) is 1.65. The third kappa shape index (κ3) is 4.54. The summed E-state index contributed by atoms with van der Waals surface area (Å²) in [5.41, 5.74) is 3.77.